The van der Waals surface area contributed by atoms with Gasteiger partial charge in [-0.25, -0.2) is 12.7 Å². The first-order valence-corrected chi connectivity index (χ1v) is 13.2. The number of nitrogens with zero attached hydrogens (tertiary/aromatic N) is 2. The third-order valence-electron chi connectivity index (χ3n) is 5.58. The zero-order chi connectivity index (χ0) is 25.1. The molecule has 186 valence electrons. The van der Waals surface area contributed by atoms with Gasteiger partial charge in [-0.15, -0.1) is 0 Å². The minimum Gasteiger partial charge on any atom is -0.354 e. The van der Waals surface area contributed by atoms with Gasteiger partial charge in [0.15, 0.2) is 0 Å². The quantitative estimate of drug-likeness (QED) is 0.467. The van der Waals surface area contributed by atoms with Gasteiger partial charge in [-0.05, 0) is 36.5 Å². The van der Waals surface area contributed by atoms with Gasteiger partial charge in [-0.3, -0.25) is 9.59 Å². The summed E-state index contributed by atoms with van der Waals surface area (Å²) in [6.45, 7) is 7.02. The molecule has 0 saturated heterocycles. The highest BCUT2D eigenvalue weighted by Gasteiger charge is 2.29. The van der Waals surface area contributed by atoms with E-state index in [1.165, 1.54) is 11.4 Å². The molecule has 1 atom stereocenters. The highest BCUT2D eigenvalue weighted by atomic mass is 32.2. The van der Waals surface area contributed by atoms with Crippen molar-refractivity contribution in [2.75, 3.05) is 20.1 Å². The summed E-state index contributed by atoms with van der Waals surface area (Å²) in [5.41, 5.74) is 0.940. The molecule has 0 heterocycles. The second-order valence-electron chi connectivity index (χ2n) is 8.81. The summed E-state index contributed by atoms with van der Waals surface area (Å²) in [5, 5.41) is 2.95. The van der Waals surface area contributed by atoms with Gasteiger partial charge in [0.1, 0.15) is 6.04 Å². The van der Waals surface area contributed by atoms with Gasteiger partial charge < -0.3 is 10.2 Å². The molecule has 0 saturated carbocycles. The molecule has 1 N–H and O–H groups in total. The second-order valence-corrected chi connectivity index (χ2v) is 10.9. The van der Waals surface area contributed by atoms with Crippen molar-refractivity contribution in [3.8, 4) is 0 Å². The predicted molar refractivity (Wildman–Crippen MR) is 134 cm³/mol. The van der Waals surface area contributed by atoms with Crippen LogP contribution in [-0.4, -0.2) is 55.6 Å². The lowest BCUT2D eigenvalue weighted by atomic mass is 10.1. The fourth-order valence-corrected chi connectivity index (χ4v) is 4.84. The minimum absolute atomic E-state index is 0.148. The molecule has 0 aliphatic carbocycles. The molecule has 2 amide bonds. The summed E-state index contributed by atoms with van der Waals surface area (Å²) < 4.78 is 26.7. The Labute approximate surface area is 204 Å². The van der Waals surface area contributed by atoms with Crippen LogP contribution >= 0.6 is 0 Å². The first-order chi connectivity index (χ1) is 16.2. The van der Waals surface area contributed by atoms with E-state index in [0.29, 0.717) is 31.8 Å². The van der Waals surface area contributed by atoms with Gasteiger partial charge in [0, 0.05) is 33.1 Å². The van der Waals surface area contributed by atoms with Crippen LogP contribution in [0.1, 0.15) is 45.6 Å². The fraction of sp³-hybridized carbons (Fsp3) is 0.462. The van der Waals surface area contributed by atoms with Crippen LogP contribution in [0.5, 0.6) is 0 Å². The number of sulfonamides is 1. The van der Waals surface area contributed by atoms with E-state index in [0.717, 1.165) is 5.56 Å². The highest BCUT2D eigenvalue weighted by Crippen LogP contribution is 2.17. The van der Waals surface area contributed by atoms with Gasteiger partial charge in [-0.2, -0.15) is 0 Å². The Kier molecular flexibility index (Phi) is 10.7. The van der Waals surface area contributed by atoms with Gasteiger partial charge in [0.2, 0.25) is 21.8 Å². The van der Waals surface area contributed by atoms with Crippen molar-refractivity contribution >= 4 is 21.8 Å². The highest BCUT2D eigenvalue weighted by molar-refractivity contribution is 7.89. The van der Waals surface area contributed by atoms with Crippen molar-refractivity contribution in [3.63, 3.8) is 0 Å². The molecule has 2 rings (SSSR count). The van der Waals surface area contributed by atoms with E-state index in [9.17, 15) is 18.0 Å². The summed E-state index contributed by atoms with van der Waals surface area (Å²) in [6, 6.07) is 17.2. The van der Waals surface area contributed by atoms with Gasteiger partial charge >= 0.3 is 0 Å². The maximum atomic E-state index is 13.3. The first kappa shape index (κ1) is 27.5. The molecule has 0 aromatic heterocycles. The Balaban J connectivity index is 2.09. The van der Waals surface area contributed by atoms with E-state index in [-0.39, 0.29) is 29.7 Å². The van der Waals surface area contributed by atoms with E-state index < -0.39 is 16.1 Å². The lowest BCUT2D eigenvalue weighted by Crippen LogP contribution is -2.49. The number of carbonyl (C=O) groups excluding carboxylic acids is 2. The largest absolute Gasteiger partial charge is 0.354 e. The summed E-state index contributed by atoms with van der Waals surface area (Å²) in [7, 11) is -2.09. The third-order valence-corrected chi connectivity index (χ3v) is 7.45. The minimum atomic E-state index is -3.61. The number of benzene rings is 2. The van der Waals surface area contributed by atoms with Crippen LogP contribution in [0.4, 0.5) is 0 Å². The molecule has 0 aliphatic heterocycles. The van der Waals surface area contributed by atoms with E-state index >= 15 is 0 Å². The molecule has 1 unspecified atom stereocenters. The Bertz CT molecular complexity index is 1010. The topological polar surface area (TPSA) is 86.8 Å². The van der Waals surface area contributed by atoms with Crippen LogP contribution < -0.4 is 5.32 Å². The van der Waals surface area contributed by atoms with E-state index in [1.54, 1.807) is 35.2 Å². The van der Waals surface area contributed by atoms with Gasteiger partial charge in [0.05, 0.1) is 4.90 Å². The van der Waals surface area contributed by atoms with Gasteiger partial charge in [-0.1, -0.05) is 69.3 Å². The molecule has 34 heavy (non-hydrogen) atoms. The first-order valence-electron chi connectivity index (χ1n) is 11.8. The van der Waals surface area contributed by atoms with E-state index in [2.05, 4.69) is 5.32 Å². The zero-order valence-corrected chi connectivity index (χ0v) is 21.4. The number of nitrogens with one attached hydrogen (secondary N) is 1. The van der Waals surface area contributed by atoms with Crippen molar-refractivity contribution in [2.24, 2.45) is 5.92 Å². The molecule has 8 heteroatoms. The number of rotatable bonds is 13. The van der Waals surface area contributed by atoms with Crippen LogP contribution in [0.25, 0.3) is 0 Å². The average molecular weight is 488 g/mol. The number of hydrogen-bond acceptors (Lipinski definition) is 4. The molecule has 0 radical (unpaired) electrons. The zero-order valence-electron chi connectivity index (χ0n) is 20.6. The van der Waals surface area contributed by atoms with Crippen molar-refractivity contribution in [2.45, 2.75) is 57.5 Å². The van der Waals surface area contributed by atoms with Crippen LogP contribution in [0.15, 0.2) is 65.6 Å². The second kappa shape index (κ2) is 13.2. The maximum Gasteiger partial charge on any atom is 0.242 e. The summed E-state index contributed by atoms with van der Waals surface area (Å²) in [5.74, 6) is -0.0213. The lowest BCUT2D eigenvalue weighted by Gasteiger charge is -2.31. The fourth-order valence-electron chi connectivity index (χ4n) is 3.61. The lowest BCUT2D eigenvalue weighted by molar-refractivity contribution is -0.141. The predicted octanol–water partition coefficient (Wildman–Crippen LogP) is 3.67. The van der Waals surface area contributed by atoms with E-state index in [4.69, 9.17) is 0 Å². The Morgan fingerprint density at radius 2 is 1.56 bits per heavy atom. The number of hydrogen-bond donors (Lipinski definition) is 1. The van der Waals surface area contributed by atoms with Crippen LogP contribution in [0.2, 0.25) is 0 Å². The Hall–Kier alpha value is -2.71. The molecule has 0 aliphatic rings. The van der Waals surface area contributed by atoms with Crippen LogP contribution in [-0.2, 0) is 26.2 Å². The molecular weight excluding hydrogens is 450 g/mol. The Morgan fingerprint density at radius 3 is 2.12 bits per heavy atom. The molecular formula is C26H37N3O4S. The summed E-state index contributed by atoms with van der Waals surface area (Å²) >= 11 is 0. The standard InChI is InChI=1S/C26H37N3O4S/c1-5-24(26(31)27-19-21(2)3)29(20-22-13-8-6-9-14-22)25(30)17-12-18-28(4)34(32,33)23-15-10-7-11-16-23/h6-11,13-16,21,24H,5,12,17-20H2,1-4H3,(H,27,31). The molecule has 2 aromatic carbocycles. The Morgan fingerprint density at radius 1 is 0.971 bits per heavy atom. The van der Waals surface area contributed by atoms with E-state index in [1.807, 2.05) is 51.1 Å². The van der Waals surface area contributed by atoms with Crippen molar-refractivity contribution in [3.05, 3.63) is 66.2 Å². The van der Waals surface area contributed by atoms with Crippen LogP contribution in [0.3, 0.4) is 0 Å². The van der Waals surface area contributed by atoms with Crippen molar-refractivity contribution in [1.29, 1.82) is 0 Å². The molecule has 0 bridgehead atoms. The molecule has 0 spiro atoms. The number of carbonyl (C=O) groups is 2. The molecule has 0 fully saturated rings. The summed E-state index contributed by atoms with van der Waals surface area (Å²) in [6.07, 6.45) is 0.997. The van der Waals surface area contributed by atoms with Gasteiger partial charge in [0.25, 0.3) is 0 Å². The molecule has 7 nitrogen and oxygen atoms in total. The maximum absolute atomic E-state index is 13.3. The third kappa shape index (κ3) is 7.95. The SMILES string of the molecule is CCC(C(=O)NCC(C)C)N(Cc1ccccc1)C(=O)CCCN(C)S(=O)(=O)c1ccccc1. The van der Waals surface area contributed by atoms with Crippen molar-refractivity contribution < 1.29 is 18.0 Å². The normalized spacial score (nSPS) is 12.5. The summed E-state index contributed by atoms with van der Waals surface area (Å²) in [4.78, 5) is 28.0. The van der Waals surface area contributed by atoms with Crippen molar-refractivity contribution in [1.82, 2.24) is 14.5 Å². The molecule has 2 aromatic rings. The smallest absolute Gasteiger partial charge is 0.242 e. The van der Waals surface area contributed by atoms with Crippen LogP contribution in [0, 0.1) is 5.92 Å². The average Bonchev–Trinajstić information content (AvgIpc) is 2.83. The number of amides is 2. The monoisotopic (exact) mass is 487 g/mol.